The van der Waals surface area contributed by atoms with E-state index in [2.05, 4.69) is 5.10 Å². The molecule has 0 radical (unpaired) electrons. The average molecular weight is 343 g/mol. The van der Waals surface area contributed by atoms with Crippen LogP contribution in [0.4, 0.5) is 0 Å². The van der Waals surface area contributed by atoms with Crippen LogP contribution in [0.25, 0.3) is 0 Å². The van der Waals surface area contributed by atoms with Crippen LogP contribution in [-0.4, -0.2) is 48.2 Å². The van der Waals surface area contributed by atoms with Gasteiger partial charge < -0.3 is 4.74 Å². The van der Waals surface area contributed by atoms with E-state index in [1.807, 2.05) is 13.8 Å². The van der Waals surface area contributed by atoms with Gasteiger partial charge in [0.25, 0.3) is 0 Å². The number of aromatic nitrogens is 2. The first-order valence-electron chi connectivity index (χ1n) is 8.00. The van der Waals surface area contributed by atoms with Crippen molar-refractivity contribution in [1.82, 2.24) is 14.1 Å². The summed E-state index contributed by atoms with van der Waals surface area (Å²) in [4.78, 5) is 12.1. The largest absolute Gasteiger partial charge is 0.466 e. The Hall–Kier alpha value is -1.41. The molecule has 2 rings (SSSR count). The van der Waals surface area contributed by atoms with Crippen LogP contribution < -0.4 is 0 Å². The van der Waals surface area contributed by atoms with Crippen molar-refractivity contribution in [2.45, 2.75) is 51.5 Å². The normalized spacial score (nSPS) is 20.0. The van der Waals surface area contributed by atoms with Crippen LogP contribution in [-0.2, 0) is 19.6 Å². The molecule has 23 heavy (non-hydrogen) atoms. The molecule has 0 amide bonds. The number of nitrogens with zero attached hydrogens (tertiary/aromatic N) is 3. The SMILES string of the molecule is CCOC(=O)C1CCCN(S(=O)(=O)c2cn(C(C)C)nc2C)C1. The van der Waals surface area contributed by atoms with Gasteiger partial charge in [-0.25, -0.2) is 8.42 Å². The number of hydrogen-bond acceptors (Lipinski definition) is 5. The summed E-state index contributed by atoms with van der Waals surface area (Å²) < 4.78 is 33.8. The molecule has 0 bridgehead atoms. The smallest absolute Gasteiger partial charge is 0.310 e. The molecule has 2 heterocycles. The Morgan fingerprint density at radius 3 is 2.74 bits per heavy atom. The second kappa shape index (κ2) is 7.00. The highest BCUT2D eigenvalue weighted by Crippen LogP contribution is 2.26. The zero-order chi connectivity index (χ0) is 17.2. The van der Waals surface area contributed by atoms with Crippen molar-refractivity contribution in [1.29, 1.82) is 0 Å². The Bertz CT molecular complexity index is 666. The van der Waals surface area contributed by atoms with Gasteiger partial charge in [-0.05, 0) is 40.5 Å². The third-order valence-corrected chi connectivity index (χ3v) is 5.99. The molecule has 1 aromatic rings. The molecule has 8 heteroatoms. The molecule has 1 aromatic heterocycles. The topological polar surface area (TPSA) is 81.5 Å². The fourth-order valence-corrected chi connectivity index (χ4v) is 4.41. The predicted octanol–water partition coefficient (Wildman–Crippen LogP) is 1.74. The maximum atomic E-state index is 12.9. The second-order valence-electron chi connectivity index (χ2n) is 6.11. The fourth-order valence-electron chi connectivity index (χ4n) is 2.74. The van der Waals surface area contributed by atoms with Crippen molar-refractivity contribution < 1.29 is 17.9 Å². The van der Waals surface area contributed by atoms with E-state index in [9.17, 15) is 13.2 Å². The third kappa shape index (κ3) is 3.74. The minimum atomic E-state index is -3.64. The van der Waals surface area contributed by atoms with Gasteiger partial charge in [-0.3, -0.25) is 9.48 Å². The summed E-state index contributed by atoms with van der Waals surface area (Å²) in [6.45, 7) is 8.23. The number of carbonyl (C=O) groups is 1. The summed E-state index contributed by atoms with van der Waals surface area (Å²) in [5.41, 5.74) is 0.483. The van der Waals surface area contributed by atoms with E-state index in [0.29, 0.717) is 31.7 Å². The molecule has 0 aromatic carbocycles. The molecular formula is C15H25N3O4S. The van der Waals surface area contributed by atoms with E-state index in [-0.39, 0.29) is 29.4 Å². The lowest BCUT2D eigenvalue weighted by Crippen LogP contribution is -2.42. The van der Waals surface area contributed by atoms with Crippen LogP contribution in [0.5, 0.6) is 0 Å². The van der Waals surface area contributed by atoms with Crippen molar-refractivity contribution in [2.75, 3.05) is 19.7 Å². The predicted molar refractivity (Wildman–Crippen MR) is 85.5 cm³/mol. The first-order chi connectivity index (χ1) is 10.8. The summed E-state index contributed by atoms with van der Waals surface area (Å²) in [6, 6.07) is 0.0892. The van der Waals surface area contributed by atoms with Gasteiger partial charge in [0, 0.05) is 25.3 Å². The Morgan fingerprint density at radius 2 is 2.17 bits per heavy atom. The number of ether oxygens (including phenoxy) is 1. The van der Waals surface area contributed by atoms with E-state index in [1.54, 1.807) is 24.7 Å². The van der Waals surface area contributed by atoms with Crippen molar-refractivity contribution in [2.24, 2.45) is 5.92 Å². The third-order valence-electron chi connectivity index (χ3n) is 4.02. The highest BCUT2D eigenvalue weighted by molar-refractivity contribution is 7.89. The first kappa shape index (κ1) is 17.9. The van der Waals surface area contributed by atoms with Crippen molar-refractivity contribution >= 4 is 16.0 Å². The van der Waals surface area contributed by atoms with Gasteiger partial charge in [0.2, 0.25) is 10.0 Å². The van der Waals surface area contributed by atoms with Crippen molar-refractivity contribution in [3.05, 3.63) is 11.9 Å². The number of sulfonamides is 1. The van der Waals surface area contributed by atoms with Crippen LogP contribution in [0.2, 0.25) is 0 Å². The van der Waals surface area contributed by atoms with E-state index in [4.69, 9.17) is 4.74 Å². The Kier molecular flexibility index (Phi) is 5.46. The molecule has 1 atom stereocenters. The quantitative estimate of drug-likeness (QED) is 0.761. The molecule has 0 spiro atoms. The average Bonchev–Trinajstić information content (AvgIpc) is 2.90. The molecule has 0 aliphatic carbocycles. The Morgan fingerprint density at radius 1 is 1.48 bits per heavy atom. The van der Waals surface area contributed by atoms with Gasteiger partial charge in [0.15, 0.2) is 0 Å². The molecule has 130 valence electrons. The summed E-state index contributed by atoms with van der Waals surface area (Å²) in [6.07, 6.45) is 2.89. The van der Waals surface area contributed by atoms with Crippen LogP contribution in [0, 0.1) is 12.8 Å². The summed E-state index contributed by atoms with van der Waals surface area (Å²) >= 11 is 0. The molecular weight excluding hydrogens is 318 g/mol. The minimum absolute atomic E-state index is 0.0892. The zero-order valence-electron chi connectivity index (χ0n) is 14.2. The maximum Gasteiger partial charge on any atom is 0.310 e. The van der Waals surface area contributed by atoms with Crippen molar-refractivity contribution in [3.8, 4) is 0 Å². The molecule has 1 unspecified atom stereocenters. The van der Waals surface area contributed by atoms with Crippen LogP contribution >= 0.6 is 0 Å². The van der Waals surface area contributed by atoms with Crippen LogP contribution in [0.1, 0.15) is 45.3 Å². The standard InChI is InChI=1S/C15H25N3O4S/c1-5-22-15(19)13-7-6-8-17(9-13)23(20,21)14-10-18(11(2)3)16-12(14)4/h10-11,13H,5-9H2,1-4H3. The monoisotopic (exact) mass is 343 g/mol. The molecule has 1 aliphatic rings. The summed E-state index contributed by atoms with van der Waals surface area (Å²) in [7, 11) is -3.64. The number of aryl methyl sites for hydroxylation is 1. The zero-order valence-corrected chi connectivity index (χ0v) is 15.0. The molecule has 0 saturated carbocycles. The number of piperidine rings is 1. The molecule has 1 aliphatic heterocycles. The lowest BCUT2D eigenvalue weighted by atomic mass is 10.0. The van der Waals surface area contributed by atoms with Gasteiger partial charge in [0.1, 0.15) is 4.90 Å². The molecule has 7 nitrogen and oxygen atoms in total. The Balaban J connectivity index is 2.23. The van der Waals surface area contributed by atoms with Crippen LogP contribution in [0.15, 0.2) is 11.1 Å². The lowest BCUT2D eigenvalue weighted by Gasteiger charge is -2.30. The fraction of sp³-hybridized carbons (Fsp3) is 0.733. The number of esters is 1. The Labute approximate surface area is 137 Å². The van der Waals surface area contributed by atoms with Gasteiger partial charge in [-0.1, -0.05) is 0 Å². The first-order valence-corrected chi connectivity index (χ1v) is 9.44. The van der Waals surface area contributed by atoms with Gasteiger partial charge in [0.05, 0.1) is 18.2 Å². The maximum absolute atomic E-state index is 12.9. The van der Waals surface area contributed by atoms with E-state index >= 15 is 0 Å². The lowest BCUT2D eigenvalue weighted by molar-refractivity contribution is -0.149. The van der Waals surface area contributed by atoms with Crippen LogP contribution in [0.3, 0.4) is 0 Å². The van der Waals surface area contributed by atoms with Crippen molar-refractivity contribution in [3.63, 3.8) is 0 Å². The number of hydrogen-bond donors (Lipinski definition) is 0. The summed E-state index contributed by atoms with van der Waals surface area (Å²) in [5, 5.41) is 4.27. The molecule has 1 fully saturated rings. The highest BCUT2D eigenvalue weighted by Gasteiger charge is 2.35. The number of carbonyl (C=O) groups excluding carboxylic acids is 1. The molecule has 1 saturated heterocycles. The van der Waals surface area contributed by atoms with E-state index in [1.165, 1.54) is 4.31 Å². The van der Waals surface area contributed by atoms with E-state index < -0.39 is 10.0 Å². The highest BCUT2D eigenvalue weighted by atomic mass is 32.2. The minimum Gasteiger partial charge on any atom is -0.466 e. The number of rotatable bonds is 5. The second-order valence-corrected chi connectivity index (χ2v) is 8.01. The van der Waals surface area contributed by atoms with Gasteiger partial charge in [-0.2, -0.15) is 9.40 Å². The van der Waals surface area contributed by atoms with E-state index in [0.717, 1.165) is 0 Å². The summed E-state index contributed by atoms with van der Waals surface area (Å²) in [5.74, 6) is -0.707. The van der Waals surface area contributed by atoms with Gasteiger partial charge in [-0.15, -0.1) is 0 Å². The van der Waals surface area contributed by atoms with Gasteiger partial charge >= 0.3 is 5.97 Å². The molecule has 0 N–H and O–H groups in total.